The Bertz CT molecular complexity index is 573. The fourth-order valence-electron chi connectivity index (χ4n) is 3.71. The maximum absolute atomic E-state index is 12.8. The molecule has 7 heteroatoms. The minimum absolute atomic E-state index is 0.0474. The van der Waals surface area contributed by atoms with Gasteiger partial charge in [0.15, 0.2) is 5.54 Å². The van der Waals surface area contributed by atoms with Crippen molar-refractivity contribution < 1.29 is 9.59 Å². The van der Waals surface area contributed by atoms with Crippen molar-refractivity contribution >= 4 is 11.8 Å². The predicted octanol–water partition coefficient (Wildman–Crippen LogP) is 0.265. The van der Waals surface area contributed by atoms with Crippen molar-refractivity contribution in [1.29, 1.82) is 0 Å². The van der Waals surface area contributed by atoms with Crippen molar-refractivity contribution in [3.05, 3.63) is 24.3 Å². The van der Waals surface area contributed by atoms with Crippen LogP contribution in [-0.2, 0) is 15.1 Å². The molecule has 2 N–H and O–H groups in total. The van der Waals surface area contributed by atoms with Gasteiger partial charge in [-0.3, -0.25) is 24.5 Å². The highest BCUT2D eigenvalue weighted by Gasteiger charge is 2.51. The molecule has 23 heavy (non-hydrogen) atoms. The average molecular weight is 317 g/mol. The zero-order valence-electron chi connectivity index (χ0n) is 13.3. The maximum atomic E-state index is 12.8. The molecule has 0 spiro atoms. The van der Waals surface area contributed by atoms with Gasteiger partial charge in [0, 0.05) is 18.9 Å². The van der Waals surface area contributed by atoms with Crippen LogP contribution >= 0.6 is 0 Å². The standard InChI is InChI=1S/C16H23N5O2/c17-15(23)16(13-11-18-6-7-19-13)5-4-10-21(16)14(22)12-20-8-2-1-3-9-20/h6-7,11H,1-5,8-10,12H2,(H2,17,23)/t16-/m1/s1. The van der Waals surface area contributed by atoms with Crippen molar-refractivity contribution in [1.82, 2.24) is 19.8 Å². The van der Waals surface area contributed by atoms with Crippen molar-refractivity contribution in [2.45, 2.75) is 37.6 Å². The van der Waals surface area contributed by atoms with E-state index in [9.17, 15) is 9.59 Å². The molecule has 7 nitrogen and oxygen atoms in total. The van der Waals surface area contributed by atoms with E-state index in [1.54, 1.807) is 11.1 Å². The zero-order chi connectivity index (χ0) is 16.3. The van der Waals surface area contributed by atoms with Crippen LogP contribution in [0.3, 0.4) is 0 Å². The second kappa shape index (κ2) is 6.62. The molecule has 1 atom stereocenters. The lowest BCUT2D eigenvalue weighted by molar-refractivity contribution is -0.145. The number of carbonyl (C=O) groups is 2. The predicted molar refractivity (Wildman–Crippen MR) is 84.1 cm³/mol. The molecular formula is C16H23N5O2. The van der Waals surface area contributed by atoms with E-state index in [1.165, 1.54) is 18.8 Å². The minimum atomic E-state index is -1.15. The molecule has 0 aliphatic carbocycles. The molecule has 2 saturated heterocycles. The lowest BCUT2D eigenvalue weighted by atomic mass is 9.91. The Hall–Kier alpha value is -2.02. The Kier molecular flexibility index (Phi) is 4.56. The molecule has 3 heterocycles. The molecule has 0 aromatic carbocycles. The van der Waals surface area contributed by atoms with Gasteiger partial charge in [0.1, 0.15) is 0 Å². The quantitative estimate of drug-likeness (QED) is 0.860. The summed E-state index contributed by atoms with van der Waals surface area (Å²) in [7, 11) is 0. The molecule has 2 aliphatic heterocycles. The SMILES string of the molecule is NC(=O)[C@]1(c2cnccn2)CCCN1C(=O)CN1CCCCC1. The normalized spacial score (nSPS) is 25.5. The van der Waals surface area contributed by atoms with Crippen molar-refractivity contribution in [2.75, 3.05) is 26.2 Å². The molecular weight excluding hydrogens is 294 g/mol. The second-order valence-corrected chi connectivity index (χ2v) is 6.30. The number of carbonyl (C=O) groups excluding carboxylic acids is 2. The number of hydrogen-bond donors (Lipinski definition) is 1. The van der Waals surface area contributed by atoms with Gasteiger partial charge in [0.25, 0.3) is 0 Å². The number of rotatable bonds is 4. The molecule has 1 aromatic rings. The van der Waals surface area contributed by atoms with E-state index >= 15 is 0 Å². The van der Waals surface area contributed by atoms with Gasteiger partial charge in [0.2, 0.25) is 11.8 Å². The molecule has 2 amide bonds. The zero-order valence-corrected chi connectivity index (χ0v) is 13.3. The third kappa shape index (κ3) is 2.93. The van der Waals surface area contributed by atoms with Crippen LogP contribution in [0.4, 0.5) is 0 Å². The van der Waals surface area contributed by atoms with Gasteiger partial charge in [-0.2, -0.15) is 0 Å². The summed E-state index contributed by atoms with van der Waals surface area (Å²) in [5, 5.41) is 0. The summed E-state index contributed by atoms with van der Waals surface area (Å²) in [6.07, 6.45) is 9.34. The molecule has 0 radical (unpaired) electrons. The summed E-state index contributed by atoms with van der Waals surface area (Å²) >= 11 is 0. The van der Waals surface area contributed by atoms with Crippen LogP contribution in [0, 0.1) is 0 Å². The largest absolute Gasteiger partial charge is 0.367 e. The smallest absolute Gasteiger partial charge is 0.249 e. The fraction of sp³-hybridized carbons (Fsp3) is 0.625. The molecule has 124 valence electrons. The molecule has 1 aromatic heterocycles. The highest BCUT2D eigenvalue weighted by atomic mass is 16.2. The van der Waals surface area contributed by atoms with Crippen LogP contribution in [0.5, 0.6) is 0 Å². The first-order chi connectivity index (χ1) is 11.1. The first-order valence-corrected chi connectivity index (χ1v) is 8.24. The summed E-state index contributed by atoms with van der Waals surface area (Å²) < 4.78 is 0. The first-order valence-electron chi connectivity index (χ1n) is 8.24. The number of nitrogens with two attached hydrogens (primary N) is 1. The second-order valence-electron chi connectivity index (χ2n) is 6.30. The van der Waals surface area contributed by atoms with E-state index in [0.717, 1.165) is 32.4 Å². The average Bonchev–Trinajstić information content (AvgIpc) is 3.03. The van der Waals surface area contributed by atoms with E-state index in [4.69, 9.17) is 5.73 Å². The van der Waals surface area contributed by atoms with Crippen molar-refractivity contribution in [2.24, 2.45) is 5.73 Å². The van der Waals surface area contributed by atoms with Crippen LogP contribution in [0.1, 0.15) is 37.8 Å². The Morgan fingerprint density at radius 1 is 1.13 bits per heavy atom. The monoisotopic (exact) mass is 317 g/mol. The van der Waals surface area contributed by atoms with Gasteiger partial charge < -0.3 is 10.6 Å². The van der Waals surface area contributed by atoms with Crippen LogP contribution in [-0.4, -0.2) is 57.8 Å². The lowest BCUT2D eigenvalue weighted by Crippen LogP contribution is -2.56. The Balaban J connectivity index is 1.84. The van der Waals surface area contributed by atoms with Crippen LogP contribution in [0.15, 0.2) is 18.6 Å². The summed E-state index contributed by atoms with van der Waals surface area (Å²) in [4.78, 5) is 37.2. The Morgan fingerprint density at radius 2 is 1.91 bits per heavy atom. The number of aromatic nitrogens is 2. The van der Waals surface area contributed by atoms with Gasteiger partial charge >= 0.3 is 0 Å². The lowest BCUT2D eigenvalue weighted by Gasteiger charge is -2.36. The molecule has 0 bridgehead atoms. The number of nitrogens with zero attached hydrogens (tertiary/aromatic N) is 4. The van der Waals surface area contributed by atoms with Gasteiger partial charge in [0.05, 0.1) is 18.4 Å². The van der Waals surface area contributed by atoms with E-state index < -0.39 is 11.4 Å². The Morgan fingerprint density at radius 3 is 2.57 bits per heavy atom. The Labute approximate surface area is 135 Å². The number of piperidine rings is 1. The van der Waals surface area contributed by atoms with E-state index in [-0.39, 0.29) is 5.91 Å². The number of amides is 2. The molecule has 0 saturated carbocycles. The first kappa shape index (κ1) is 15.9. The molecule has 2 fully saturated rings. The number of likely N-dealkylation sites (tertiary alicyclic amines) is 2. The van der Waals surface area contributed by atoms with Crippen molar-refractivity contribution in [3.8, 4) is 0 Å². The van der Waals surface area contributed by atoms with E-state index in [0.29, 0.717) is 25.2 Å². The summed E-state index contributed by atoms with van der Waals surface area (Å²) in [6, 6.07) is 0. The van der Waals surface area contributed by atoms with Crippen molar-refractivity contribution in [3.63, 3.8) is 0 Å². The van der Waals surface area contributed by atoms with Crippen LogP contribution in [0.25, 0.3) is 0 Å². The third-order valence-corrected chi connectivity index (χ3v) is 4.88. The molecule has 3 rings (SSSR count). The van der Waals surface area contributed by atoms with E-state index in [2.05, 4.69) is 14.9 Å². The fourth-order valence-corrected chi connectivity index (χ4v) is 3.71. The minimum Gasteiger partial charge on any atom is -0.367 e. The van der Waals surface area contributed by atoms with Gasteiger partial charge in [-0.1, -0.05) is 6.42 Å². The number of primary amides is 1. The third-order valence-electron chi connectivity index (χ3n) is 4.88. The summed E-state index contributed by atoms with van der Waals surface area (Å²) in [5.74, 6) is -0.573. The summed E-state index contributed by atoms with van der Waals surface area (Å²) in [5.41, 5.74) is 5.03. The topological polar surface area (TPSA) is 92.4 Å². The van der Waals surface area contributed by atoms with Gasteiger partial charge in [-0.05, 0) is 38.8 Å². The molecule has 2 aliphatic rings. The maximum Gasteiger partial charge on any atom is 0.249 e. The highest BCUT2D eigenvalue weighted by Crippen LogP contribution is 2.37. The van der Waals surface area contributed by atoms with Crippen LogP contribution in [0.2, 0.25) is 0 Å². The van der Waals surface area contributed by atoms with E-state index in [1.807, 2.05) is 0 Å². The summed E-state index contributed by atoms with van der Waals surface area (Å²) in [6.45, 7) is 2.75. The number of hydrogen-bond acceptors (Lipinski definition) is 5. The van der Waals surface area contributed by atoms with Crippen LogP contribution < -0.4 is 5.73 Å². The van der Waals surface area contributed by atoms with Gasteiger partial charge in [-0.25, -0.2) is 0 Å². The van der Waals surface area contributed by atoms with Gasteiger partial charge in [-0.15, -0.1) is 0 Å². The molecule has 0 unspecified atom stereocenters. The highest BCUT2D eigenvalue weighted by molar-refractivity contribution is 5.92.